The lowest BCUT2D eigenvalue weighted by Gasteiger charge is -2.22. The van der Waals surface area contributed by atoms with Crippen molar-refractivity contribution in [1.82, 2.24) is 4.90 Å². The molecule has 2 atom stereocenters. The van der Waals surface area contributed by atoms with Gasteiger partial charge in [-0.25, -0.2) is 9.18 Å². The van der Waals surface area contributed by atoms with Crippen molar-refractivity contribution in [2.75, 3.05) is 20.2 Å². The van der Waals surface area contributed by atoms with E-state index in [0.29, 0.717) is 5.75 Å². The molecule has 0 radical (unpaired) electrons. The lowest BCUT2D eigenvalue weighted by Crippen LogP contribution is -2.40. The maximum absolute atomic E-state index is 14.0. The Bertz CT molecular complexity index is 562. The number of ether oxygens (including phenoxy) is 1. The number of likely N-dealkylation sites (tertiary alicyclic amines) is 1. The first kappa shape index (κ1) is 15.3. The summed E-state index contributed by atoms with van der Waals surface area (Å²) in [6.07, 6.45) is -0.168. The SMILES string of the molecule is COc1cccc(C(C)C(=O)N2CCC(F)(C(=O)O)C2)c1. The van der Waals surface area contributed by atoms with Crippen LogP contribution < -0.4 is 4.74 Å². The molecule has 1 fully saturated rings. The monoisotopic (exact) mass is 295 g/mol. The summed E-state index contributed by atoms with van der Waals surface area (Å²) in [5, 5.41) is 8.87. The Labute approximate surface area is 122 Å². The number of halogens is 1. The molecule has 114 valence electrons. The van der Waals surface area contributed by atoms with Crippen molar-refractivity contribution in [2.24, 2.45) is 0 Å². The lowest BCUT2D eigenvalue weighted by molar-refractivity contribution is -0.150. The molecule has 0 aliphatic carbocycles. The molecule has 1 aliphatic rings. The van der Waals surface area contributed by atoms with Gasteiger partial charge in [-0.05, 0) is 24.6 Å². The number of nitrogens with zero attached hydrogens (tertiary/aromatic N) is 1. The first-order chi connectivity index (χ1) is 9.87. The van der Waals surface area contributed by atoms with Crippen LogP contribution in [-0.4, -0.2) is 47.8 Å². The zero-order valence-electron chi connectivity index (χ0n) is 12.0. The number of carboxylic acids is 1. The maximum atomic E-state index is 14.0. The van der Waals surface area contributed by atoms with Gasteiger partial charge in [-0.2, -0.15) is 0 Å². The van der Waals surface area contributed by atoms with Crippen LogP contribution in [0.1, 0.15) is 24.8 Å². The van der Waals surface area contributed by atoms with Crippen LogP contribution in [0.5, 0.6) is 5.75 Å². The van der Waals surface area contributed by atoms with Gasteiger partial charge in [-0.15, -0.1) is 0 Å². The number of rotatable bonds is 4. The van der Waals surface area contributed by atoms with E-state index in [0.717, 1.165) is 5.56 Å². The number of benzene rings is 1. The minimum absolute atomic E-state index is 0.121. The number of alkyl halides is 1. The third kappa shape index (κ3) is 2.99. The standard InChI is InChI=1S/C15H18FNO4/c1-10(11-4-3-5-12(8-11)21-2)13(18)17-7-6-15(16,9-17)14(19)20/h3-5,8,10H,6-7,9H2,1-2H3,(H,19,20). The summed E-state index contributed by atoms with van der Waals surface area (Å²) in [6, 6.07) is 7.09. The molecule has 0 bridgehead atoms. The third-order valence-electron chi connectivity index (χ3n) is 3.88. The molecule has 1 aromatic rings. The van der Waals surface area contributed by atoms with Crippen molar-refractivity contribution in [1.29, 1.82) is 0 Å². The van der Waals surface area contributed by atoms with Crippen LogP contribution in [0.2, 0.25) is 0 Å². The van der Waals surface area contributed by atoms with Crippen LogP contribution in [-0.2, 0) is 9.59 Å². The summed E-state index contributed by atoms with van der Waals surface area (Å²) in [5.41, 5.74) is -1.57. The van der Waals surface area contributed by atoms with Gasteiger partial charge in [0.2, 0.25) is 11.6 Å². The number of amides is 1. The molecule has 21 heavy (non-hydrogen) atoms. The summed E-state index contributed by atoms with van der Waals surface area (Å²) in [7, 11) is 1.54. The Kier molecular flexibility index (Phi) is 4.16. The van der Waals surface area contributed by atoms with Crippen LogP contribution in [0, 0.1) is 0 Å². The minimum Gasteiger partial charge on any atom is -0.497 e. The molecular formula is C15H18FNO4. The normalized spacial score (nSPS) is 22.9. The van der Waals surface area contributed by atoms with Gasteiger partial charge in [-0.1, -0.05) is 12.1 Å². The predicted molar refractivity (Wildman–Crippen MR) is 74.1 cm³/mol. The van der Waals surface area contributed by atoms with Crippen molar-refractivity contribution >= 4 is 11.9 Å². The van der Waals surface area contributed by atoms with E-state index in [1.165, 1.54) is 12.0 Å². The van der Waals surface area contributed by atoms with E-state index in [2.05, 4.69) is 0 Å². The lowest BCUT2D eigenvalue weighted by atomic mass is 9.99. The molecule has 1 heterocycles. The number of carbonyl (C=O) groups is 2. The fourth-order valence-corrected chi connectivity index (χ4v) is 2.46. The second-order valence-electron chi connectivity index (χ2n) is 5.28. The van der Waals surface area contributed by atoms with Gasteiger partial charge >= 0.3 is 5.97 Å². The fraction of sp³-hybridized carbons (Fsp3) is 0.467. The molecular weight excluding hydrogens is 277 g/mol. The average molecular weight is 295 g/mol. The van der Waals surface area contributed by atoms with Gasteiger partial charge in [0.1, 0.15) is 5.75 Å². The number of aliphatic carboxylic acids is 1. The highest BCUT2D eigenvalue weighted by Crippen LogP contribution is 2.29. The smallest absolute Gasteiger partial charge is 0.343 e. The van der Waals surface area contributed by atoms with Crippen molar-refractivity contribution in [3.05, 3.63) is 29.8 Å². The Hall–Kier alpha value is -2.11. The molecule has 1 saturated heterocycles. The fourth-order valence-electron chi connectivity index (χ4n) is 2.46. The third-order valence-corrected chi connectivity index (χ3v) is 3.88. The first-order valence-electron chi connectivity index (χ1n) is 6.72. The topological polar surface area (TPSA) is 66.8 Å². The number of hydrogen-bond acceptors (Lipinski definition) is 3. The Morgan fingerprint density at radius 3 is 2.76 bits per heavy atom. The summed E-state index contributed by atoms with van der Waals surface area (Å²) < 4.78 is 19.1. The highest BCUT2D eigenvalue weighted by atomic mass is 19.1. The van der Waals surface area contributed by atoms with Crippen LogP contribution >= 0.6 is 0 Å². The number of hydrogen-bond donors (Lipinski definition) is 1. The molecule has 5 nitrogen and oxygen atoms in total. The van der Waals surface area contributed by atoms with Crippen LogP contribution in [0.25, 0.3) is 0 Å². The van der Waals surface area contributed by atoms with Gasteiger partial charge in [0.25, 0.3) is 0 Å². The summed E-state index contributed by atoms with van der Waals surface area (Å²) in [4.78, 5) is 24.5. The molecule has 0 saturated carbocycles. The van der Waals surface area contributed by atoms with E-state index >= 15 is 0 Å². The van der Waals surface area contributed by atoms with E-state index < -0.39 is 24.1 Å². The van der Waals surface area contributed by atoms with E-state index in [4.69, 9.17) is 9.84 Å². The molecule has 6 heteroatoms. The Morgan fingerprint density at radius 2 is 2.19 bits per heavy atom. The van der Waals surface area contributed by atoms with Gasteiger partial charge in [0.05, 0.1) is 19.6 Å². The van der Waals surface area contributed by atoms with Gasteiger partial charge < -0.3 is 14.7 Å². The predicted octanol–water partition coefficient (Wildman–Crippen LogP) is 1.82. The van der Waals surface area contributed by atoms with Gasteiger partial charge in [0.15, 0.2) is 0 Å². The van der Waals surface area contributed by atoms with Crippen LogP contribution in [0.15, 0.2) is 24.3 Å². The quantitative estimate of drug-likeness (QED) is 0.920. The number of carbonyl (C=O) groups excluding carboxylic acids is 1. The second kappa shape index (κ2) is 5.71. The molecule has 1 N–H and O–H groups in total. The zero-order chi connectivity index (χ0) is 15.6. The average Bonchev–Trinajstić information content (AvgIpc) is 2.89. The van der Waals surface area contributed by atoms with Crippen molar-refractivity contribution in [3.8, 4) is 5.75 Å². The summed E-state index contributed by atoms with van der Waals surface area (Å²) in [6.45, 7) is 1.45. The maximum Gasteiger partial charge on any atom is 0.343 e. The number of carboxylic acid groups (broad SMARTS) is 1. The van der Waals surface area contributed by atoms with E-state index in [1.807, 2.05) is 0 Å². The molecule has 0 aromatic heterocycles. The van der Waals surface area contributed by atoms with Crippen molar-refractivity contribution in [2.45, 2.75) is 24.9 Å². The van der Waals surface area contributed by atoms with E-state index in [9.17, 15) is 14.0 Å². The highest BCUT2D eigenvalue weighted by molar-refractivity contribution is 5.86. The summed E-state index contributed by atoms with van der Waals surface area (Å²) >= 11 is 0. The van der Waals surface area contributed by atoms with Crippen LogP contribution in [0.4, 0.5) is 4.39 Å². The molecule has 1 amide bonds. The molecule has 1 aliphatic heterocycles. The minimum atomic E-state index is -2.33. The largest absolute Gasteiger partial charge is 0.497 e. The number of methoxy groups -OCH3 is 1. The molecule has 2 unspecified atom stereocenters. The zero-order valence-corrected chi connectivity index (χ0v) is 12.0. The summed E-state index contributed by atoms with van der Waals surface area (Å²) in [5.74, 6) is -1.62. The molecule has 2 rings (SSSR count). The van der Waals surface area contributed by atoms with Gasteiger partial charge in [0, 0.05) is 13.0 Å². The Morgan fingerprint density at radius 1 is 1.48 bits per heavy atom. The van der Waals surface area contributed by atoms with E-state index in [-0.39, 0.29) is 18.9 Å². The highest BCUT2D eigenvalue weighted by Gasteiger charge is 2.47. The van der Waals surface area contributed by atoms with Crippen molar-refractivity contribution in [3.63, 3.8) is 0 Å². The van der Waals surface area contributed by atoms with Crippen molar-refractivity contribution < 1.29 is 23.8 Å². The second-order valence-corrected chi connectivity index (χ2v) is 5.28. The molecule has 1 aromatic carbocycles. The Balaban J connectivity index is 2.11. The van der Waals surface area contributed by atoms with Gasteiger partial charge in [-0.3, -0.25) is 4.79 Å². The molecule has 0 spiro atoms. The first-order valence-corrected chi connectivity index (χ1v) is 6.72. The van der Waals surface area contributed by atoms with E-state index in [1.54, 1.807) is 31.2 Å². The van der Waals surface area contributed by atoms with Crippen LogP contribution in [0.3, 0.4) is 0 Å².